The first-order valence-corrected chi connectivity index (χ1v) is 8.70. The predicted octanol–water partition coefficient (Wildman–Crippen LogP) is 4.91. The molecule has 3 aromatic heterocycles. The number of pyridine rings is 3. The number of benzene rings is 1. The molecule has 0 atom stereocenters. The van der Waals surface area contributed by atoms with Gasteiger partial charge in [0.1, 0.15) is 0 Å². The van der Waals surface area contributed by atoms with Gasteiger partial charge in [-0.25, -0.2) is 0 Å². The van der Waals surface area contributed by atoms with E-state index in [1.54, 1.807) is 36.5 Å². The van der Waals surface area contributed by atoms with Crippen LogP contribution in [-0.2, 0) is 26.3 Å². The van der Waals surface area contributed by atoms with E-state index in [0.717, 1.165) is 18.2 Å². The number of hydrogen-bond acceptors (Lipinski definition) is 3. The Morgan fingerprint density at radius 3 is 2.03 bits per heavy atom. The van der Waals surface area contributed by atoms with Crippen molar-refractivity contribution in [1.82, 2.24) is 15.0 Å². The summed E-state index contributed by atoms with van der Waals surface area (Å²) in [5.41, 5.74) is -1.16. The van der Waals surface area contributed by atoms with Gasteiger partial charge in [0.2, 0.25) is 0 Å². The fraction of sp³-hybridized carbons (Fsp3) is 0.0455. The number of rotatable bonds is 2. The molecule has 32 heavy (non-hydrogen) atoms. The van der Waals surface area contributed by atoms with Crippen LogP contribution in [0.3, 0.4) is 0 Å². The molecule has 0 aliphatic rings. The van der Waals surface area contributed by atoms with Gasteiger partial charge in [-0.15, -0.1) is 17.8 Å². The molecule has 0 aliphatic heterocycles. The van der Waals surface area contributed by atoms with Gasteiger partial charge in [0.05, 0.1) is 0 Å². The molecule has 0 bridgehead atoms. The van der Waals surface area contributed by atoms with E-state index in [9.17, 15) is 26.7 Å². The van der Waals surface area contributed by atoms with Gasteiger partial charge in [0.15, 0.2) is 5.43 Å². The fourth-order valence-electron chi connectivity index (χ4n) is 2.45. The predicted molar refractivity (Wildman–Crippen MR) is 103 cm³/mol. The Morgan fingerprint density at radius 2 is 1.50 bits per heavy atom. The van der Waals surface area contributed by atoms with Crippen LogP contribution >= 0.6 is 0 Å². The molecule has 0 spiro atoms. The average molecular weight is 622 g/mol. The molecule has 0 fully saturated rings. The first kappa shape index (κ1) is 25.0. The Bertz CT molecular complexity index is 1220. The van der Waals surface area contributed by atoms with Gasteiger partial charge in [0, 0.05) is 49.8 Å². The monoisotopic (exact) mass is 622 g/mol. The van der Waals surface area contributed by atoms with Gasteiger partial charge in [-0.2, -0.15) is 13.2 Å². The van der Waals surface area contributed by atoms with Crippen molar-refractivity contribution in [3.8, 4) is 22.6 Å². The van der Waals surface area contributed by atoms with E-state index < -0.39 is 28.9 Å². The van der Waals surface area contributed by atoms with E-state index >= 15 is 0 Å². The SMILES string of the molecule is Fc1c[c-]c(-c2ccccn2)c(F)c1.O=c1cc(-c2ccccn2)[n-]c(C(F)(F)F)c1.[Ir]. The van der Waals surface area contributed by atoms with Crippen LogP contribution in [0, 0.1) is 17.7 Å². The minimum atomic E-state index is -4.63. The number of hydrogen-bond donors (Lipinski definition) is 0. The van der Waals surface area contributed by atoms with Crippen molar-refractivity contribution >= 4 is 0 Å². The van der Waals surface area contributed by atoms with Crippen molar-refractivity contribution in [2.45, 2.75) is 6.18 Å². The first-order chi connectivity index (χ1) is 14.7. The molecule has 1 radical (unpaired) electrons. The van der Waals surface area contributed by atoms with E-state index in [-0.39, 0.29) is 37.1 Å². The molecular formula is C22H12F5IrN3O-2. The molecule has 4 rings (SSSR count). The van der Waals surface area contributed by atoms with E-state index in [1.165, 1.54) is 12.3 Å². The maximum atomic E-state index is 13.2. The van der Waals surface area contributed by atoms with Gasteiger partial charge < -0.3 is 9.97 Å². The van der Waals surface area contributed by atoms with Crippen molar-refractivity contribution in [2.24, 2.45) is 0 Å². The third-order valence-corrected chi connectivity index (χ3v) is 3.80. The smallest absolute Gasteiger partial charge is 0.396 e. The van der Waals surface area contributed by atoms with E-state index in [2.05, 4.69) is 21.0 Å². The molecule has 0 saturated heterocycles. The van der Waals surface area contributed by atoms with Crippen LogP contribution < -0.4 is 10.4 Å². The molecule has 4 aromatic rings. The summed E-state index contributed by atoms with van der Waals surface area (Å²) < 4.78 is 63.1. The van der Waals surface area contributed by atoms with Crippen LogP contribution in [0.15, 0.2) is 77.9 Å². The van der Waals surface area contributed by atoms with Crippen LogP contribution in [0.2, 0.25) is 0 Å². The van der Waals surface area contributed by atoms with E-state index in [4.69, 9.17) is 0 Å². The molecule has 1 aromatic carbocycles. The first-order valence-electron chi connectivity index (χ1n) is 8.70. The standard InChI is InChI=1S/C11H7F3N2O.C11H6F2N.Ir/c12-11(13,14)10-6-7(17)5-9(16-10)8-3-1-2-4-15-8;12-8-4-5-9(10(13)7-8)11-3-1-2-6-14-11;/h1-6H,(H,16,17);1-4,6-7H;/q;-1;/p-1. The molecule has 0 amide bonds. The Balaban J connectivity index is 0.000000224. The molecule has 0 N–H and O–H groups in total. The fourth-order valence-corrected chi connectivity index (χ4v) is 2.45. The molecule has 167 valence electrons. The van der Waals surface area contributed by atoms with Crippen LogP contribution in [0.1, 0.15) is 5.69 Å². The topological polar surface area (TPSA) is 57.0 Å². The minimum absolute atomic E-state index is 0. The van der Waals surface area contributed by atoms with Gasteiger partial charge in [-0.1, -0.05) is 29.8 Å². The molecular weight excluding hydrogens is 609 g/mol. The largest absolute Gasteiger partial charge is 0.652 e. The zero-order chi connectivity index (χ0) is 22.4. The van der Waals surface area contributed by atoms with E-state index in [1.807, 2.05) is 0 Å². The van der Waals surface area contributed by atoms with Crippen molar-refractivity contribution in [3.63, 3.8) is 0 Å². The summed E-state index contributed by atoms with van der Waals surface area (Å²) in [5, 5.41) is 0. The van der Waals surface area contributed by atoms with Crippen LogP contribution in [0.4, 0.5) is 22.0 Å². The zero-order valence-electron chi connectivity index (χ0n) is 15.9. The Kier molecular flexibility index (Phi) is 8.51. The van der Waals surface area contributed by atoms with E-state index in [0.29, 0.717) is 11.8 Å². The van der Waals surface area contributed by atoms with Crippen molar-refractivity contribution in [2.75, 3.05) is 0 Å². The quantitative estimate of drug-likeness (QED) is 0.236. The molecule has 10 heteroatoms. The summed E-state index contributed by atoms with van der Waals surface area (Å²) in [6.45, 7) is 0. The summed E-state index contributed by atoms with van der Waals surface area (Å²) in [4.78, 5) is 22.3. The third kappa shape index (κ3) is 6.63. The maximum Gasteiger partial charge on any atom is 0.396 e. The summed E-state index contributed by atoms with van der Waals surface area (Å²) in [6.07, 6.45) is -1.67. The second kappa shape index (κ2) is 10.9. The number of aromatic nitrogens is 3. The minimum Gasteiger partial charge on any atom is -0.652 e. The zero-order valence-corrected chi connectivity index (χ0v) is 18.3. The molecule has 0 unspecified atom stereocenters. The second-order valence-electron chi connectivity index (χ2n) is 6.04. The number of nitrogens with zero attached hydrogens (tertiary/aromatic N) is 3. The third-order valence-electron chi connectivity index (χ3n) is 3.80. The average Bonchev–Trinajstić information content (AvgIpc) is 2.74. The summed E-state index contributed by atoms with van der Waals surface area (Å²) in [7, 11) is 0. The van der Waals surface area contributed by atoms with Gasteiger partial charge >= 0.3 is 6.18 Å². The van der Waals surface area contributed by atoms with Crippen molar-refractivity contribution < 1.29 is 42.1 Å². The molecule has 4 nitrogen and oxygen atoms in total. The van der Waals surface area contributed by atoms with Crippen molar-refractivity contribution in [3.05, 3.63) is 107 Å². The summed E-state index contributed by atoms with van der Waals surface area (Å²) >= 11 is 0. The van der Waals surface area contributed by atoms with Gasteiger partial charge in [-0.05, 0) is 41.7 Å². The Labute approximate surface area is 192 Å². The number of halogens is 5. The molecule has 0 saturated carbocycles. The maximum absolute atomic E-state index is 13.2. The Hall–Kier alpha value is -3.23. The molecule has 0 aliphatic carbocycles. The van der Waals surface area contributed by atoms with Gasteiger partial charge in [0.25, 0.3) is 0 Å². The summed E-state index contributed by atoms with van der Waals surface area (Å²) in [6, 6.07) is 15.7. The van der Waals surface area contributed by atoms with Crippen LogP contribution in [0.5, 0.6) is 0 Å². The molecule has 3 heterocycles. The van der Waals surface area contributed by atoms with Crippen molar-refractivity contribution in [1.29, 1.82) is 0 Å². The van der Waals surface area contributed by atoms with Crippen LogP contribution in [0.25, 0.3) is 22.6 Å². The van der Waals surface area contributed by atoms with Gasteiger partial charge in [-0.3, -0.25) is 18.6 Å². The summed E-state index contributed by atoms with van der Waals surface area (Å²) in [5.74, 6) is -1.29. The number of alkyl halides is 3. The Morgan fingerprint density at radius 1 is 0.875 bits per heavy atom. The van der Waals surface area contributed by atoms with Crippen LogP contribution in [-0.4, -0.2) is 9.97 Å². The second-order valence-corrected chi connectivity index (χ2v) is 6.04. The normalized spacial score (nSPS) is 10.5.